The number of rotatable bonds is 8. The molecule has 0 aliphatic carbocycles. The highest BCUT2D eigenvalue weighted by Crippen LogP contribution is 2.30. The van der Waals surface area contributed by atoms with Gasteiger partial charge < -0.3 is 10.4 Å². The van der Waals surface area contributed by atoms with Crippen molar-refractivity contribution in [2.45, 2.75) is 31.7 Å². The third-order valence-corrected chi connectivity index (χ3v) is 4.66. The van der Waals surface area contributed by atoms with Crippen molar-refractivity contribution in [2.75, 3.05) is 17.5 Å². The molecule has 2 unspecified atom stereocenters. The summed E-state index contributed by atoms with van der Waals surface area (Å²) in [6, 6.07) is 11.5. The standard InChI is InChI=1S/C19H23F3N2O3S/c1-13(10-14-6-8-17(9-7-14)24-28(2,26)27)23-12-18(25)15-4-3-5-16(11-15)19(20,21)22/h3-9,11,13,18,23-25H,10,12H2,1-2H3. The molecule has 0 spiro atoms. The van der Waals surface area contributed by atoms with Gasteiger partial charge in [-0.25, -0.2) is 8.42 Å². The third kappa shape index (κ3) is 7.14. The van der Waals surface area contributed by atoms with E-state index in [0.717, 1.165) is 24.0 Å². The van der Waals surface area contributed by atoms with E-state index in [4.69, 9.17) is 0 Å². The van der Waals surface area contributed by atoms with Crippen LogP contribution in [0.3, 0.4) is 0 Å². The molecule has 0 heterocycles. The number of aliphatic hydroxyl groups is 1. The van der Waals surface area contributed by atoms with Crippen molar-refractivity contribution < 1.29 is 26.7 Å². The minimum atomic E-state index is -4.45. The summed E-state index contributed by atoms with van der Waals surface area (Å²) in [6.45, 7) is 2.00. The van der Waals surface area contributed by atoms with E-state index in [0.29, 0.717) is 12.1 Å². The summed E-state index contributed by atoms with van der Waals surface area (Å²) in [7, 11) is -3.33. The van der Waals surface area contributed by atoms with Gasteiger partial charge in [-0.05, 0) is 48.7 Å². The number of hydrogen-bond acceptors (Lipinski definition) is 4. The van der Waals surface area contributed by atoms with Crippen molar-refractivity contribution in [3.63, 3.8) is 0 Å². The van der Waals surface area contributed by atoms with Gasteiger partial charge in [0.15, 0.2) is 0 Å². The second-order valence-electron chi connectivity index (χ2n) is 6.72. The van der Waals surface area contributed by atoms with Crippen molar-refractivity contribution in [3.8, 4) is 0 Å². The van der Waals surface area contributed by atoms with E-state index in [1.807, 2.05) is 6.92 Å². The first-order valence-corrected chi connectivity index (χ1v) is 10.5. The number of halogens is 3. The smallest absolute Gasteiger partial charge is 0.387 e. The summed E-state index contributed by atoms with van der Waals surface area (Å²) >= 11 is 0. The lowest BCUT2D eigenvalue weighted by molar-refractivity contribution is -0.137. The maximum atomic E-state index is 12.8. The fourth-order valence-corrected chi connectivity index (χ4v) is 3.27. The van der Waals surface area contributed by atoms with Crippen LogP contribution in [0.4, 0.5) is 18.9 Å². The van der Waals surface area contributed by atoms with E-state index in [9.17, 15) is 26.7 Å². The normalized spacial score (nSPS) is 14.5. The second kappa shape index (κ2) is 8.93. The molecular weight excluding hydrogens is 393 g/mol. The molecule has 0 aromatic heterocycles. The molecule has 0 bridgehead atoms. The number of sulfonamides is 1. The maximum absolute atomic E-state index is 12.8. The van der Waals surface area contributed by atoms with Crippen molar-refractivity contribution in [2.24, 2.45) is 0 Å². The Morgan fingerprint density at radius 1 is 1.11 bits per heavy atom. The largest absolute Gasteiger partial charge is 0.416 e. The minimum Gasteiger partial charge on any atom is -0.387 e. The predicted octanol–water partition coefficient (Wildman–Crippen LogP) is 3.33. The number of alkyl halides is 3. The second-order valence-corrected chi connectivity index (χ2v) is 8.47. The van der Waals surface area contributed by atoms with Gasteiger partial charge in [-0.3, -0.25) is 4.72 Å². The van der Waals surface area contributed by atoms with E-state index >= 15 is 0 Å². The fraction of sp³-hybridized carbons (Fsp3) is 0.368. The van der Waals surface area contributed by atoms with Gasteiger partial charge in [0.2, 0.25) is 10.0 Å². The van der Waals surface area contributed by atoms with Crippen molar-refractivity contribution >= 4 is 15.7 Å². The Bertz CT molecular complexity index is 884. The number of anilines is 1. The van der Waals surface area contributed by atoms with Crippen LogP contribution >= 0.6 is 0 Å². The molecule has 0 aliphatic rings. The molecule has 0 radical (unpaired) electrons. The van der Waals surface area contributed by atoms with E-state index in [1.165, 1.54) is 12.1 Å². The molecule has 0 saturated heterocycles. The van der Waals surface area contributed by atoms with Crippen LogP contribution in [-0.4, -0.2) is 32.4 Å². The van der Waals surface area contributed by atoms with E-state index in [2.05, 4.69) is 10.0 Å². The van der Waals surface area contributed by atoms with E-state index < -0.39 is 27.9 Å². The molecule has 0 amide bonds. The molecule has 2 atom stereocenters. The lowest BCUT2D eigenvalue weighted by Crippen LogP contribution is -2.32. The molecule has 2 aromatic rings. The number of aliphatic hydroxyl groups excluding tert-OH is 1. The molecule has 2 rings (SSSR count). The van der Waals surface area contributed by atoms with Crippen LogP contribution in [0.1, 0.15) is 29.7 Å². The van der Waals surface area contributed by atoms with Crippen LogP contribution in [0.2, 0.25) is 0 Å². The molecule has 154 valence electrons. The zero-order chi connectivity index (χ0) is 20.9. The number of hydrogen-bond donors (Lipinski definition) is 3. The molecule has 0 fully saturated rings. The molecule has 0 aliphatic heterocycles. The van der Waals surface area contributed by atoms with Gasteiger partial charge in [-0.2, -0.15) is 13.2 Å². The molecular formula is C19H23F3N2O3S. The molecule has 2 aromatic carbocycles. The first kappa shape index (κ1) is 22.2. The van der Waals surface area contributed by atoms with Gasteiger partial charge in [-0.1, -0.05) is 24.3 Å². The van der Waals surface area contributed by atoms with Crippen LogP contribution in [0.15, 0.2) is 48.5 Å². The van der Waals surface area contributed by atoms with Gasteiger partial charge in [0.05, 0.1) is 17.9 Å². The van der Waals surface area contributed by atoms with Gasteiger partial charge in [0.25, 0.3) is 0 Å². The highest BCUT2D eigenvalue weighted by molar-refractivity contribution is 7.92. The van der Waals surface area contributed by atoms with Gasteiger partial charge in [0, 0.05) is 18.3 Å². The van der Waals surface area contributed by atoms with Gasteiger partial charge in [-0.15, -0.1) is 0 Å². The molecule has 0 saturated carbocycles. The molecule has 5 nitrogen and oxygen atoms in total. The summed E-state index contributed by atoms with van der Waals surface area (Å²) < 4.78 is 63.1. The molecule has 28 heavy (non-hydrogen) atoms. The first-order valence-electron chi connectivity index (χ1n) is 8.59. The van der Waals surface area contributed by atoms with Crippen LogP contribution in [0.25, 0.3) is 0 Å². The highest BCUT2D eigenvalue weighted by atomic mass is 32.2. The lowest BCUT2D eigenvalue weighted by atomic mass is 10.0. The first-order chi connectivity index (χ1) is 12.9. The summed E-state index contributed by atoms with van der Waals surface area (Å²) in [6.07, 6.45) is -3.84. The Balaban J connectivity index is 1.89. The number of benzene rings is 2. The highest BCUT2D eigenvalue weighted by Gasteiger charge is 2.30. The van der Waals surface area contributed by atoms with E-state index in [-0.39, 0.29) is 18.2 Å². The van der Waals surface area contributed by atoms with Crippen molar-refractivity contribution in [1.82, 2.24) is 5.32 Å². The van der Waals surface area contributed by atoms with Crippen LogP contribution in [-0.2, 0) is 22.6 Å². The fourth-order valence-electron chi connectivity index (χ4n) is 2.70. The summed E-state index contributed by atoms with van der Waals surface area (Å²) in [5.74, 6) is 0. The summed E-state index contributed by atoms with van der Waals surface area (Å²) in [4.78, 5) is 0. The SMILES string of the molecule is CC(Cc1ccc(NS(C)(=O)=O)cc1)NCC(O)c1cccc(C(F)(F)F)c1. The van der Waals surface area contributed by atoms with Crippen molar-refractivity contribution in [3.05, 3.63) is 65.2 Å². The topological polar surface area (TPSA) is 78.4 Å². The zero-order valence-electron chi connectivity index (χ0n) is 15.5. The van der Waals surface area contributed by atoms with E-state index in [1.54, 1.807) is 24.3 Å². The maximum Gasteiger partial charge on any atom is 0.416 e. The quantitative estimate of drug-likeness (QED) is 0.617. The van der Waals surface area contributed by atoms with Crippen molar-refractivity contribution in [1.29, 1.82) is 0 Å². The van der Waals surface area contributed by atoms with Crippen LogP contribution in [0, 0.1) is 0 Å². The predicted molar refractivity (Wildman–Crippen MR) is 102 cm³/mol. The minimum absolute atomic E-state index is 0.0471. The molecule has 3 N–H and O–H groups in total. The zero-order valence-corrected chi connectivity index (χ0v) is 16.3. The summed E-state index contributed by atoms with van der Waals surface area (Å²) in [5.41, 5.74) is 0.824. The van der Waals surface area contributed by atoms with Gasteiger partial charge >= 0.3 is 6.18 Å². The lowest BCUT2D eigenvalue weighted by Gasteiger charge is -2.18. The Morgan fingerprint density at radius 2 is 1.75 bits per heavy atom. The van der Waals surface area contributed by atoms with Crippen LogP contribution in [0.5, 0.6) is 0 Å². The Morgan fingerprint density at radius 3 is 2.32 bits per heavy atom. The average molecular weight is 416 g/mol. The third-order valence-electron chi connectivity index (χ3n) is 4.06. The van der Waals surface area contributed by atoms with Crippen LogP contribution < -0.4 is 10.0 Å². The summed E-state index contributed by atoms with van der Waals surface area (Å²) in [5, 5.41) is 13.3. The Hall–Kier alpha value is -2.10. The van der Waals surface area contributed by atoms with Gasteiger partial charge in [0.1, 0.15) is 0 Å². The Kier molecular flexibility index (Phi) is 7.08. The monoisotopic (exact) mass is 416 g/mol. The number of nitrogens with one attached hydrogen (secondary N) is 2. The molecule has 9 heteroatoms. The average Bonchev–Trinajstić information content (AvgIpc) is 2.59. The Labute approximate surface area is 162 Å².